The quantitative estimate of drug-likeness (QED) is 0.615. The maximum absolute atomic E-state index is 12.9. The van der Waals surface area contributed by atoms with E-state index in [-0.39, 0.29) is 17.0 Å². The molecule has 2 heterocycles. The van der Waals surface area contributed by atoms with Crippen LogP contribution in [0.15, 0.2) is 42.6 Å². The van der Waals surface area contributed by atoms with Gasteiger partial charge in [0.15, 0.2) is 5.82 Å². The lowest BCUT2D eigenvalue weighted by molar-refractivity contribution is -0.143. The summed E-state index contributed by atoms with van der Waals surface area (Å²) in [4.78, 5) is 20.1. The lowest BCUT2D eigenvalue weighted by atomic mass is 10.0. The van der Waals surface area contributed by atoms with E-state index in [2.05, 4.69) is 19.7 Å². The minimum absolute atomic E-state index is 0.0547. The van der Waals surface area contributed by atoms with Gasteiger partial charge in [-0.25, -0.2) is 0 Å². The van der Waals surface area contributed by atoms with E-state index in [9.17, 15) is 31.1 Å². The van der Waals surface area contributed by atoms with Gasteiger partial charge >= 0.3 is 12.4 Å². The third-order valence-electron chi connectivity index (χ3n) is 3.39. The molecule has 0 saturated heterocycles. The van der Waals surface area contributed by atoms with Gasteiger partial charge in [-0.2, -0.15) is 35.7 Å². The maximum Gasteiger partial charge on any atom is 0.416 e. The first-order valence-corrected chi connectivity index (χ1v) is 8.17. The van der Waals surface area contributed by atoms with Gasteiger partial charge in [0.1, 0.15) is 5.69 Å². The molecule has 12 heteroatoms. The van der Waals surface area contributed by atoms with Gasteiger partial charge in [-0.1, -0.05) is 6.07 Å². The average Bonchev–Trinajstić information content (AvgIpc) is 3.09. The van der Waals surface area contributed by atoms with Crippen LogP contribution in [-0.2, 0) is 12.4 Å². The molecule has 0 saturated carbocycles. The number of anilines is 1. The van der Waals surface area contributed by atoms with Crippen LogP contribution in [0.5, 0.6) is 0 Å². The van der Waals surface area contributed by atoms with Crippen molar-refractivity contribution in [2.75, 3.05) is 5.32 Å². The van der Waals surface area contributed by atoms with Crippen LogP contribution in [0.25, 0.3) is 11.5 Å². The number of halogens is 6. The Labute approximate surface area is 157 Å². The highest BCUT2D eigenvalue weighted by Gasteiger charge is 2.37. The average molecular weight is 418 g/mol. The molecular weight excluding hydrogens is 410 g/mol. The van der Waals surface area contributed by atoms with Crippen LogP contribution >= 0.6 is 11.5 Å². The van der Waals surface area contributed by atoms with E-state index in [0.29, 0.717) is 29.4 Å². The summed E-state index contributed by atoms with van der Waals surface area (Å²) in [5.41, 5.74) is -3.59. The predicted octanol–water partition coefficient (Wildman–Crippen LogP) is 4.89. The lowest BCUT2D eigenvalue weighted by Gasteiger charge is -2.13. The summed E-state index contributed by atoms with van der Waals surface area (Å²) < 4.78 is 81.3. The summed E-state index contributed by atoms with van der Waals surface area (Å²) in [6.45, 7) is 0. The normalized spacial score (nSPS) is 12.1. The van der Waals surface area contributed by atoms with E-state index in [1.54, 1.807) is 18.2 Å². The number of pyridine rings is 1. The summed E-state index contributed by atoms with van der Waals surface area (Å²) in [5.74, 6) is -1.03. The van der Waals surface area contributed by atoms with Gasteiger partial charge in [0.05, 0.1) is 11.1 Å². The van der Waals surface area contributed by atoms with Crippen LogP contribution < -0.4 is 5.32 Å². The Kier molecular flexibility index (Phi) is 5.06. The second-order valence-corrected chi connectivity index (χ2v) is 6.14. The topological polar surface area (TPSA) is 67.8 Å². The van der Waals surface area contributed by atoms with Crippen molar-refractivity contribution in [1.29, 1.82) is 0 Å². The molecule has 1 aromatic carbocycles. The molecule has 0 bridgehead atoms. The summed E-state index contributed by atoms with van der Waals surface area (Å²) >= 11 is 0.709. The third kappa shape index (κ3) is 4.44. The largest absolute Gasteiger partial charge is 0.416 e. The van der Waals surface area contributed by atoms with E-state index in [1.807, 2.05) is 0 Å². The zero-order chi connectivity index (χ0) is 20.5. The molecule has 1 N–H and O–H groups in total. The second-order valence-electron chi connectivity index (χ2n) is 5.39. The van der Waals surface area contributed by atoms with Crippen LogP contribution in [0, 0.1) is 0 Å². The summed E-state index contributed by atoms with van der Waals surface area (Å²) in [6.07, 6.45) is -8.62. The molecule has 3 aromatic rings. The van der Waals surface area contributed by atoms with Gasteiger partial charge in [0.25, 0.3) is 5.91 Å². The van der Waals surface area contributed by atoms with Gasteiger partial charge in [-0.3, -0.25) is 15.1 Å². The standard InChI is InChI=1S/C16H8F6N4OS/c17-15(18,19)9-5-8(6-10(7-9)16(20,21)22)13(27)25-14-24-12(26-28-14)11-3-1-2-4-23-11/h1-7H,(H,24,25,26,27). The summed E-state index contributed by atoms with van der Waals surface area (Å²) in [7, 11) is 0. The monoisotopic (exact) mass is 418 g/mol. The van der Waals surface area contributed by atoms with Gasteiger partial charge in [0.2, 0.25) is 5.13 Å². The van der Waals surface area contributed by atoms with Crippen LogP contribution in [0.1, 0.15) is 21.5 Å². The highest BCUT2D eigenvalue weighted by molar-refractivity contribution is 7.10. The molecule has 0 fully saturated rings. The molecule has 0 spiro atoms. The van der Waals surface area contributed by atoms with Crippen molar-refractivity contribution in [3.8, 4) is 11.5 Å². The Morgan fingerprint density at radius 3 is 2.14 bits per heavy atom. The molecule has 0 aliphatic carbocycles. The number of amides is 1. The van der Waals surface area contributed by atoms with Crippen molar-refractivity contribution in [3.63, 3.8) is 0 Å². The molecule has 0 radical (unpaired) electrons. The third-order valence-corrected chi connectivity index (χ3v) is 4.02. The van der Waals surface area contributed by atoms with Crippen molar-refractivity contribution in [3.05, 3.63) is 59.3 Å². The van der Waals surface area contributed by atoms with Crippen LogP contribution in [0.2, 0.25) is 0 Å². The van der Waals surface area contributed by atoms with Crippen molar-refractivity contribution < 1.29 is 31.1 Å². The van der Waals surface area contributed by atoms with E-state index < -0.39 is 35.0 Å². The number of carbonyl (C=O) groups excluding carboxylic acids is 1. The fourth-order valence-electron chi connectivity index (χ4n) is 2.13. The highest BCUT2D eigenvalue weighted by Crippen LogP contribution is 2.36. The summed E-state index contributed by atoms with van der Waals surface area (Å²) in [5, 5.41) is 2.05. The van der Waals surface area contributed by atoms with Crippen molar-refractivity contribution in [1.82, 2.24) is 14.3 Å². The SMILES string of the molecule is O=C(Nc1nc(-c2ccccn2)ns1)c1cc(C(F)(F)F)cc(C(F)(F)F)c1. The zero-order valence-corrected chi connectivity index (χ0v) is 14.3. The first-order chi connectivity index (χ1) is 13.0. The van der Waals surface area contributed by atoms with Crippen molar-refractivity contribution in [2.24, 2.45) is 0 Å². The minimum Gasteiger partial charge on any atom is -0.297 e. The van der Waals surface area contributed by atoms with Gasteiger partial charge in [0, 0.05) is 23.3 Å². The Bertz CT molecular complexity index is 968. The molecule has 0 unspecified atom stereocenters. The molecule has 28 heavy (non-hydrogen) atoms. The van der Waals surface area contributed by atoms with Gasteiger partial charge in [-0.15, -0.1) is 0 Å². The van der Waals surface area contributed by atoms with Crippen LogP contribution in [0.4, 0.5) is 31.5 Å². The minimum atomic E-state index is -5.05. The van der Waals surface area contributed by atoms with Gasteiger partial charge in [-0.05, 0) is 30.3 Å². The number of alkyl halides is 6. The van der Waals surface area contributed by atoms with E-state index in [0.717, 1.165) is 0 Å². The fraction of sp³-hybridized carbons (Fsp3) is 0.125. The number of hydrogen-bond donors (Lipinski definition) is 1. The zero-order valence-electron chi connectivity index (χ0n) is 13.5. The van der Waals surface area contributed by atoms with Crippen LogP contribution in [-0.4, -0.2) is 20.2 Å². The molecule has 0 aliphatic heterocycles. The second kappa shape index (κ2) is 7.19. The number of aromatic nitrogens is 3. The molecule has 146 valence electrons. The molecule has 5 nitrogen and oxygen atoms in total. The Morgan fingerprint density at radius 1 is 0.964 bits per heavy atom. The molecular formula is C16H8F6N4OS. The Balaban J connectivity index is 1.89. The smallest absolute Gasteiger partial charge is 0.297 e. The van der Waals surface area contributed by atoms with Crippen LogP contribution in [0.3, 0.4) is 0 Å². The molecule has 2 aromatic heterocycles. The number of nitrogens with one attached hydrogen (secondary N) is 1. The first-order valence-electron chi connectivity index (χ1n) is 7.40. The fourth-order valence-corrected chi connectivity index (χ4v) is 2.70. The highest BCUT2D eigenvalue weighted by atomic mass is 32.1. The van der Waals surface area contributed by atoms with E-state index in [1.165, 1.54) is 6.20 Å². The van der Waals surface area contributed by atoms with Crippen molar-refractivity contribution >= 4 is 22.6 Å². The van der Waals surface area contributed by atoms with E-state index >= 15 is 0 Å². The predicted molar refractivity (Wildman–Crippen MR) is 87.5 cm³/mol. The number of nitrogens with zero attached hydrogens (tertiary/aromatic N) is 3. The van der Waals surface area contributed by atoms with E-state index in [4.69, 9.17) is 0 Å². The molecule has 1 amide bonds. The van der Waals surface area contributed by atoms with Crippen molar-refractivity contribution in [2.45, 2.75) is 12.4 Å². The van der Waals surface area contributed by atoms with Gasteiger partial charge < -0.3 is 0 Å². The number of hydrogen-bond acceptors (Lipinski definition) is 5. The molecule has 0 aliphatic rings. The number of benzene rings is 1. The number of rotatable bonds is 3. The molecule has 3 rings (SSSR count). The lowest BCUT2D eigenvalue weighted by Crippen LogP contribution is -2.17. The maximum atomic E-state index is 12.9. The molecule has 0 atom stereocenters. The Hall–Kier alpha value is -3.02. The number of carbonyl (C=O) groups is 1. The first kappa shape index (κ1) is 19.7. The summed E-state index contributed by atoms with van der Waals surface area (Å²) in [6, 6.07) is 5.54. The Morgan fingerprint density at radius 2 is 1.61 bits per heavy atom.